The number of amides is 2. The fraction of sp³-hybridized carbons (Fsp3) is 0.394. The molecular weight excluding hydrogens is 570 g/mol. The minimum Gasteiger partial charge on any atom is -0.352 e. The van der Waals surface area contributed by atoms with Crippen LogP contribution < -0.4 is 9.62 Å². The molecule has 0 spiro atoms. The Labute approximate surface area is 254 Å². The number of carbonyl (C=O) groups is 2. The van der Waals surface area contributed by atoms with Crippen molar-refractivity contribution in [3.8, 4) is 0 Å². The summed E-state index contributed by atoms with van der Waals surface area (Å²) in [5.41, 5.74) is 2.26. The van der Waals surface area contributed by atoms with Crippen LogP contribution in [-0.4, -0.2) is 50.3 Å². The van der Waals surface area contributed by atoms with Crippen LogP contribution in [0.5, 0.6) is 0 Å². The van der Waals surface area contributed by atoms with Gasteiger partial charge < -0.3 is 10.2 Å². The zero-order valence-corrected chi connectivity index (χ0v) is 25.9. The van der Waals surface area contributed by atoms with Gasteiger partial charge in [0.1, 0.15) is 12.6 Å². The maximum Gasteiger partial charge on any atom is 0.264 e. The van der Waals surface area contributed by atoms with E-state index in [1.165, 1.54) is 18.6 Å². The first-order valence-electron chi connectivity index (χ1n) is 14.7. The Hall–Kier alpha value is -3.36. The summed E-state index contributed by atoms with van der Waals surface area (Å²) in [6.07, 6.45) is 6.12. The molecule has 1 N–H and O–H groups in total. The number of aryl methyl sites for hydroxylation is 1. The van der Waals surface area contributed by atoms with Gasteiger partial charge in [0.15, 0.2) is 0 Å². The van der Waals surface area contributed by atoms with Gasteiger partial charge in [0.2, 0.25) is 11.8 Å². The summed E-state index contributed by atoms with van der Waals surface area (Å²) in [7, 11) is -4.11. The fourth-order valence-electron chi connectivity index (χ4n) is 5.41. The second-order valence-corrected chi connectivity index (χ2v) is 13.2. The fourth-order valence-corrected chi connectivity index (χ4v) is 6.95. The smallest absolute Gasteiger partial charge is 0.264 e. The predicted molar refractivity (Wildman–Crippen MR) is 168 cm³/mol. The molecule has 0 unspecified atom stereocenters. The summed E-state index contributed by atoms with van der Waals surface area (Å²) < 4.78 is 29.0. The lowest BCUT2D eigenvalue weighted by molar-refractivity contribution is -0.140. The van der Waals surface area contributed by atoms with Crippen molar-refractivity contribution in [3.05, 3.63) is 95.0 Å². The van der Waals surface area contributed by atoms with Gasteiger partial charge in [0, 0.05) is 17.6 Å². The van der Waals surface area contributed by atoms with E-state index in [0.29, 0.717) is 23.6 Å². The number of sulfonamides is 1. The van der Waals surface area contributed by atoms with Crippen molar-refractivity contribution in [1.82, 2.24) is 10.2 Å². The van der Waals surface area contributed by atoms with Crippen molar-refractivity contribution in [3.63, 3.8) is 0 Å². The van der Waals surface area contributed by atoms with Crippen LogP contribution in [0.2, 0.25) is 5.02 Å². The van der Waals surface area contributed by atoms with E-state index in [2.05, 4.69) is 5.32 Å². The van der Waals surface area contributed by atoms with E-state index in [1.807, 2.05) is 44.2 Å². The van der Waals surface area contributed by atoms with E-state index in [-0.39, 0.29) is 23.4 Å². The molecule has 0 aliphatic heterocycles. The highest BCUT2D eigenvalue weighted by atomic mass is 35.5. The summed E-state index contributed by atoms with van der Waals surface area (Å²) in [6.45, 7) is 3.58. The summed E-state index contributed by atoms with van der Waals surface area (Å²) in [6, 6.07) is 22.0. The molecule has 3 aromatic carbocycles. The number of nitrogens with zero attached hydrogens (tertiary/aromatic N) is 2. The highest BCUT2D eigenvalue weighted by Gasteiger charge is 2.34. The molecule has 9 heteroatoms. The van der Waals surface area contributed by atoms with Crippen molar-refractivity contribution in [2.75, 3.05) is 17.4 Å². The minimum atomic E-state index is -4.11. The van der Waals surface area contributed by atoms with Crippen molar-refractivity contribution < 1.29 is 18.0 Å². The number of benzene rings is 3. The van der Waals surface area contributed by atoms with E-state index < -0.39 is 28.5 Å². The molecule has 2 amide bonds. The third kappa shape index (κ3) is 8.13. The Morgan fingerprint density at radius 2 is 1.57 bits per heavy atom. The molecule has 1 atom stereocenters. The van der Waals surface area contributed by atoms with Gasteiger partial charge in [-0.1, -0.05) is 85.8 Å². The van der Waals surface area contributed by atoms with E-state index in [9.17, 15) is 18.0 Å². The molecule has 3 aromatic rings. The molecule has 7 nitrogen and oxygen atoms in total. The highest BCUT2D eigenvalue weighted by Crippen LogP contribution is 2.26. The summed E-state index contributed by atoms with van der Waals surface area (Å²) in [5, 5.41) is 3.63. The second-order valence-electron chi connectivity index (χ2n) is 10.9. The Kier molecular flexibility index (Phi) is 11.0. The lowest BCUT2D eigenvalue weighted by Crippen LogP contribution is -2.54. The number of carbonyl (C=O) groups excluding carboxylic acids is 2. The number of halogens is 1. The maximum atomic E-state index is 14.2. The van der Waals surface area contributed by atoms with Crippen molar-refractivity contribution in [2.24, 2.45) is 0 Å². The lowest BCUT2D eigenvalue weighted by Gasteiger charge is -2.34. The van der Waals surface area contributed by atoms with Gasteiger partial charge in [0.25, 0.3) is 10.0 Å². The summed E-state index contributed by atoms with van der Waals surface area (Å²) >= 11 is 6.11. The Balaban J connectivity index is 1.66. The largest absolute Gasteiger partial charge is 0.352 e. The van der Waals surface area contributed by atoms with Gasteiger partial charge in [-0.05, 0) is 74.6 Å². The van der Waals surface area contributed by atoms with Crippen molar-refractivity contribution >= 4 is 39.1 Å². The third-order valence-electron chi connectivity index (χ3n) is 7.82. The molecule has 0 bridgehead atoms. The van der Waals surface area contributed by atoms with Crippen LogP contribution in [-0.2, 0) is 26.0 Å². The van der Waals surface area contributed by atoms with Gasteiger partial charge in [-0.25, -0.2) is 8.42 Å². The molecule has 42 heavy (non-hydrogen) atoms. The third-order valence-corrected chi connectivity index (χ3v) is 9.86. The number of hydrogen-bond acceptors (Lipinski definition) is 4. The molecule has 1 saturated carbocycles. The van der Waals surface area contributed by atoms with Gasteiger partial charge in [-0.3, -0.25) is 13.9 Å². The monoisotopic (exact) mass is 609 g/mol. The number of anilines is 1. The van der Waals surface area contributed by atoms with Crippen molar-refractivity contribution in [2.45, 2.75) is 75.8 Å². The lowest BCUT2D eigenvalue weighted by atomic mass is 9.95. The molecule has 0 heterocycles. The normalized spacial score (nSPS) is 14.6. The Morgan fingerprint density at radius 1 is 0.929 bits per heavy atom. The van der Waals surface area contributed by atoms with Crippen LogP contribution in [0.3, 0.4) is 0 Å². The molecular formula is C33H40ClN3O4S. The first-order valence-corrected chi connectivity index (χ1v) is 16.5. The molecule has 4 rings (SSSR count). The Morgan fingerprint density at radius 3 is 2.19 bits per heavy atom. The van der Waals surface area contributed by atoms with Crippen LogP contribution in [0.4, 0.5) is 5.69 Å². The molecule has 1 fully saturated rings. The Bertz CT molecular complexity index is 1420. The van der Waals surface area contributed by atoms with E-state index in [1.54, 1.807) is 41.3 Å². The van der Waals surface area contributed by atoms with Gasteiger partial charge in [-0.15, -0.1) is 0 Å². The number of hydrogen-bond donors (Lipinski definition) is 1. The molecule has 1 aliphatic rings. The summed E-state index contributed by atoms with van der Waals surface area (Å²) in [4.78, 5) is 29.4. The van der Waals surface area contributed by atoms with Crippen LogP contribution >= 0.6 is 11.6 Å². The average molecular weight is 610 g/mol. The highest BCUT2D eigenvalue weighted by molar-refractivity contribution is 7.92. The molecule has 0 aromatic heterocycles. The summed E-state index contributed by atoms with van der Waals surface area (Å²) in [5.74, 6) is -0.632. The first kappa shape index (κ1) is 31.6. The van der Waals surface area contributed by atoms with Gasteiger partial charge >= 0.3 is 0 Å². The zero-order valence-electron chi connectivity index (χ0n) is 24.3. The van der Waals surface area contributed by atoms with Crippen LogP contribution in [0.1, 0.15) is 56.6 Å². The topological polar surface area (TPSA) is 86.8 Å². The predicted octanol–water partition coefficient (Wildman–Crippen LogP) is 6.14. The van der Waals surface area contributed by atoms with Crippen LogP contribution in [0.25, 0.3) is 0 Å². The van der Waals surface area contributed by atoms with Crippen molar-refractivity contribution in [1.29, 1.82) is 0 Å². The average Bonchev–Trinajstić information content (AvgIpc) is 2.99. The molecule has 0 saturated heterocycles. The number of rotatable bonds is 12. The maximum absolute atomic E-state index is 14.2. The van der Waals surface area contributed by atoms with E-state index in [4.69, 9.17) is 11.6 Å². The number of nitrogens with one attached hydrogen (secondary N) is 1. The molecule has 224 valence electrons. The second kappa shape index (κ2) is 14.7. The van der Waals surface area contributed by atoms with Crippen LogP contribution in [0, 0.1) is 6.92 Å². The van der Waals surface area contributed by atoms with E-state index >= 15 is 0 Å². The van der Waals surface area contributed by atoms with E-state index in [0.717, 1.165) is 41.1 Å². The van der Waals surface area contributed by atoms with Gasteiger partial charge in [0.05, 0.1) is 10.6 Å². The molecule has 1 aliphatic carbocycles. The van der Waals surface area contributed by atoms with Gasteiger partial charge in [-0.2, -0.15) is 0 Å². The first-order chi connectivity index (χ1) is 20.2. The SMILES string of the molecule is CC[C@@H](C(=O)NC1CCCCC1)N(CCc1ccccc1)C(=O)CN(c1ccc(Cl)cc1)S(=O)(=O)c1ccc(C)cc1. The van der Waals surface area contributed by atoms with Crippen LogP contribution in [0.15, 0.2) is 83.8 Å². The zero-order chi connectivity index (χ0) is 30.1. The quantitative estimate of drug-likeness (QED) is 0.267. The molecule has 0 radical (unpaired) electrons. The minimum absolute atomic E-state index is 0.0776. The standard InChI is InChI=1S/C33H40ClN3O4S/c1-3-31(33(39)35-28-12-8-5-9-13-28)36(23-22-26-10-6-4-7-11-26)32(38)24-37(29-18-16-27(34)17-19-29)42(40,41)30-20-14-25(2)15-21-30/h4,6-7,10-11,14-21,28,31H,3,5,8-9,12-13,22-24H2,1-2H3,(H,35,39)/t31-/m0/s1.